The zero-order chi connectivity index (χ0) is 19.7. The van der Waals surface area contributed by atoms with Crippen molar-refractivity contribution in [2.75, 3.05) is 14.2 Å². The standard InChI is InChI=1S/C22H25NO4/c1-12(2)14-7-8-15(16(9-14)13(3)4)21-23-18-11-20(26-6)19(25-5)10-17(18)22(24)27-21/h7-13H,1-6H3. The van der Waals surface area contributed by atoms with E-state index in [4.69, 9.17) is 13.9 Å². The highest BCUT2D eigenvalue weighted by atomic mass is 16.5. The third-order valence-electron chi connectivity index (χ3n) is 4.73. The number of ether oxygens (including phenoxy) is 2. The van der Waals surface area contributed by atoms with Gasteiger partial charge >= 0.3 is 5.63 Å². The molecule has 0 radical (unpaired) electrons. The normalized spacial score (nSPS) is 11.4. The first kappa shape index (κ1) is 19.0. The van der Waals surface area contributed by atoms with Crippen molar-refractivity contribution in [3.63, 3.8) is 0 Å². The maximum absolute atomic E-state index is 12.6. The van der Waals surface area contributed by atoms with Gasteiger partial charge in [-0.3, -0.25) is 0 Å². The average Bonchev–Trinajstić information content (AvgIpc) is 2.66. The largest absolute Gasteiger partial charge is 0.493 e. The predicted octanol–water partition coefficient (Wildman–Crippen LogP) is 5.12. The minimum atomic E-state index is -0.446. The lowest BCUT2D eigenvalue weighted by atomic mass is 9.91. The molecule has 5 heteroatoms. The van der Waals surface area contributed by atoms with Crippen LogP contribution < -0.4 is 15.1 Å². The molecule has 0 fully saturated rings. The summed E-state index contributed by atoms with van der Waals surface area (Å²) >= 11 is 0. The van der Waals surface area contributed by atoms with Gasteiger partial charge in [0, 0.05) is 17.7 Å². The molecule has 0 saturated carbocycles. The number of benzene rings is 2. The van der Waals surface area contributed by atoms with Crippen LogP contribution in [0.5, 0.6) is 11.5 Å². The Labute approximate surface area is 159 Å². The van der Waals surface area contributed by atoms with Crippen LogP contribution in [0.4, 0.5) is 0 Å². The second kappa shape index (κ2) is 7.43. The lowest BCUT2D eigenvalue weighted by Crippen LogP contribution is -2.06. The Bertz CT molecular complexity index is 1030. The van der Waals surface area contributed by atoms with Gasteiger partial charge in [-0.2, -0.15) is 0 Å². The van der Waals surface area contributed by atoms with Gasteiger partial charge in [0.1, 0.15) is 0 Å². The van der Waals surface area contributed by atoms with E-state index in [0.717, 1.165) is 11.1 Å². The second-order valence-corrected chi connectivity index (χ2v) is 7.19. The van der Waals surface area contributed by atoms with Crippen LogP contribution in [-0.4, -0.2) is 19.2 Å². The van der Waals surface area contributed by atoms with Crippen LogP contribution in [0, 0.1) is 0 Å². The monoisotopic (exact) mass is 367 g/mol. The van der Waals surface area contributed by atoms with E-state index in [0.29, 0.717) is 34.2 Å². The van der Waals surface area contributed by atoms with Gasteiger partial charge in [-0.1, -0.05) is 39.8 Å². The molecule has 0 aliphatic heterocycles. The molecule has 27 heavy (non-hydrogen) atoms. The molecular weight excluding hydrogens is 342 g/mol. The molecular formula is C22H25NO4. The highest BCUT2D eigenvalue weighted by molar-refractivity contribution is 5.83. The minimum Gasteiger partial charge on any atom is -0.493 e. The number of methoxy groups -OCH3 is 2. The van der Waals surface area contributed by atoms with Gasteiger partial charge in [-0.15, -0.1) is 0 Å². The molecule has 0 saturated heterocycles. The van der Waals surface area contributed by atoms with E-state index in [1.54, 1.807) is 19.2 Å². The first-order valence-corrected chi connectivity index (χ1v) is 9.06. The van der Waals surface area contributed by atoms with Gasteiger partial charge in [-0.05, 0) is 29.0 Å². The van der Waals surface area contributed by atoms with Crippen molar-refractivity contribution < 1.29 is 13.9 Å². The first-order chi connectivity index (χ1) is 12.8. The fourth-order valence-electron chi connectivity index (χ4n) is 3.13. The van der Waals surface area contributed by atoms with Gasteiger partial charge < -0.3 is 13.9 Å². The maximum atomic E-state index is 12.6. The van der Waals surface area contributed by atoms with Crippen LogP contribution in [0.1, 0.15) is 50.7 Å². The highest BCUT2D eigenvalue weighted by Gasteiger charge is 2.17. The third kappa shape index (κ3) is 3.54. The summed E-state index contributed by atoms with van der Waals surface area (Å²) in [5, 5.41) is 0.362. The average molecular weight is 367 g/mol. The molecule has 0 bridgehead atoms. The minimum absolute atomic E-state index is 0.270. The van der Waals surface area contributed by atoms with Crippen LogP contribution in [-0.2, 0) is 0 Å². The van der Waals surface area contributed by atoms with Gasteiger partial charge in [0.05, 0.1) is 25.1 Å². The molecule has 1 heterocycles. The van der Waals surface area contributed by atoms with E-state index in [1.165, 1.54) is 12.7 Å². The van der Waals surface area contributed by atoms with Crippen LogP contribution in [0.2, 0.25) is 0 Å². The summed E-state index contributed by atoms with van der Waals surface area (Å²) in [5.41, 5.74) is 3.26. The smallest absolute Gasteiger partial charge is 0.347 e. The number of hydrogen-bond donors (Lipinski definition) is 0. The zero-order valence-corrected chi connectivity index (χ0v) is 16.6. The molecule has 0 atom stereocenters. The Kier molecular flexibility index (Phi) is 5.22. The fraction of sp³-hybridized carbons (Fsp3) is 0.364. The van der Waals surface area contributed by atoms with E-state index in [1.807, 2.05) is 6.07 Å². The van der Waals surface area contributed by atoms with Crippen molar-refractivity contribution in [3.05, 3.63) is 51.9 Å². The molecule has 0 spiro atoms. The number of aromatic nitrogens is 1. The Morgan fingerprint density at radius 3 is 2.19 bits per heavy atom. The van der Waals surface area contributed by atoms with Crippen LogP contribution in [0.15, 0.2) is 39.5 Å². The van der Waals surface area contributed by atoms with Crippen molar-refractivity contribution in [1.29, 1.82) is 0 Å². The molecule has 142 valence electrons. The summed E-state index contributed by atoms with van der Waals surface area (Å²) in [5.74, 6) is 2.00. The zero-order valence-electron chi connectivity index (χ0n) is 16.6. The summed E-state index contributed by atoms with van der Waals surface area (Å²) in [7, 11) is 3.08. The van der Waals surface area contributed by atoms with Crippen molar-refractivity contribution >= 4 is 10.9 Å². The number of rotatable bonds is 5. The highest BCUT2D eigenvalue weighted by Crippen LogP contribution is 2.34. The summed E-state index contributed by atoms with van der Waals surface area (Å²) in [6, 6.07) is 9.52. The van der Waals surface area contributed by atoms with Gasteiger partial charge in [0.2, 0.25) is 5.89 Å². The molecule has 0 unspecified atom stereocenters. The Morgan fingerprint density at radius 2 is 1.59 bits per heavy atom. The molecule has 0 aliphatic carbocycles. The Morgan fingerprint density at radius 1 is 0.926 bits per heavy atom. The van der Waals surface area contributed by atoms with Crippen LogP contribution >= 0.6 is 0 Å². The van der Waals surface area contributed by atoms with Crippen molar-refractivity contribution in [2.45, 2.75) is 39.5 Å². The van der Waals surface area contributed by atoms with E-state index in [2.05, 4.69) is 44.8 Å². The van der Waals surface area contributed by atoms with Gasteiger partial charge in [0.15, 0.2) is 11.5 Å². The van der Waals surface area contributed by atoms with E-state index in [9.17, 15) is 4.79 Å². The topological polar surface area (TPSA) is 61.6 Å². The Hall–Kier alpha value is -2.82. The molecule has 2 aromatic carbocycles. The molecule has 0 aliphatic rings. The summed E-state index contributed by atoms with van der Waals surface area (Å²) in [4.78, 5) is 17.2. The molecule has 5 nitrogen and oxygen atoms in total. The number of fused-ring (bicyclic) bond motifs is 1. The van der Waals surface area contributed by atoms with Crippen LogP contribution in [0.3, 0.4) is 0 Å². The lowest BCUT2D eigenvalue weighted by Gasteiger charge is -2.15. The van der Waals surface area contributed by atoms with E-state index < -0.39 is 5.63 Å². The molecule has 3 rings (SSSR count). The first-order valence-electron chi connectivity index (χ1n) is 9.06. The Balaban J connectivity index is 2.25. The number of hydrogen-bond acceptors (Lipinski definition) is 5. The molecule has 1 aromatic heterocycles. The molecule has 3 aromatic rings. The molecule has 0 N–H and O–H groups in total. The van der Waals surface area contributed by atoms with Crippen molar-refractivity contribution in [3.8, 4) is 23.0 Å². The summed E-state index contributed by atoms with van der Waals surface area (Å²) in [6.45, 7) is 8.56. The van der Waals surface area contributed by atoms with Gasteiger partial charge in [0.25, 0.3) is 0 Å². The van der Waals surface area contributed by atoms with Crippen molar-refractivity contribution in [2.24, 2.45) is 0 Å². The van der Waals surface area contributed by atoms with Crippen LogP contribution in [0.25, 0.3) is 22.4 Å². The van der Waals surface area contributed by atoms with Gasteiger partial charge in [-0.25, -0.2) is 9.78 Å². The van der Waals surface area contributed by atoms with E-state index >= 15 is 0 Å². The predicted molar refractivity (Wildman–Crippen MR) is 107 cm³/mol. The quantitative estimate of drug-likeness (QED) is 0.626. The lowest BCUT2D eigenvalue weighted by molar-refractivity contribution is 0.355. The maximum Gasteiger partial charge on any atom is 0.347 e. The van der Waals surface area contributed by atoms with Crippen molar-refractivity contribution in [1.82, 2.24) is 4.98 Å². The summed E-state index contributed by atoms with van der Waals surface area (Å²) < 4.78 is 16.2. The second-order valence-electron chi connectivity index (χ2n) is 7.19. The number of nitrogens with zero attached hydrogens (tertiary/aromatic N) is 1. The molecule has 0 amide bonds. The third-order valence-corrected chi connectivity index (χ3v) is 4.73. The SMILES string of the molecule is COc1cc2nc(-c3ccc(C(C)C)cc3C(C)C)oc(=O)c2cc1OC. The van der Waals surface area contributed by atoms with E-state index in [-0.39, 0.29) is 5.92 Å². The fourth-order valence-corrected chi connectivity index (χ4v) is 3.13. The summed E-state index contributed by atoms with van der Waals surface area (Å²) in [6.07, 6.45) is 0.